The van der Waals surface area contributed by atoms with Crippen LogP contribution in [0.2, 0.25) is 6.55 Å². The van der Waals surface area contributed by atoms with Gasteiger partial charge in [-0.15, -0.1) is 0 Å². The zero-order chi connectivity index (χ0) is 24.9. The van der Waals surface area contributed by atoms with Crippen LogP contribution in [0.1, 0.15) is 94.0 Å². The summed E-state index contributed by atoms with van der Waals surface area (Å²) >= 11 is -2.16. The summed E-state index contributed by atoms with van der Waals surface area (Å²) in [7, 11) is 0. The van der Waals surface area contributed by atoms with Crippen molar-refractivity contribution >= 4 is 23.3 Å². The molecule has 0 fully saturated rings. The minimum absolute atomic E-state index is 0.561. The number of hydrogen-bond acceptors (Lipinski definition) is 0. The molecule has 2 aliphatic rings. The number of benzene rings is 3. The summed E-state index contributed by atoms with van der Waals surface area (Å²) < 4.78 is 1.35. The molecule has 0 spiro atoms. The second kappa shape index (κ2) is 9.95. The molecule has 0 heterocycles. The first-order valence-electron chi connectivity index (χ1n) is 13.3. The van der Waals surface area contributed by atoms with Crippen LogP contribution in [0.4, 0.5) is 0 Å². The molecule has 179 valence electrons. The molecule has 2 aliphatic carbocycles. The van der Waals surface area contributed by atoms with Crippen molar-refractivity contribution in [3.63, 3.8) is 0 Å². The van der Waals surface area contributed by atoms with E-state index in [2.05, 4.69) is 127 Å². The Kier molecular flexibility index (Phi) is 7.08. The SMILES string of the molecule is CC1=Cc2c(C(C)C)cccc2[CH]1[Zr]([CH]1C(C)=Cc2c(C(C)C)cccc21)[SiH](C)c1ccccc1. The third kappa shape index (κ3) is 4.36. The number of rotatable bonds is 6. The average Bonchev–Trinajstić information content (AvgIpc) is 3.35. The van der Waals surface area contributed by atoms with Crippen molar-refractivity contribution in [2.45, 2.75) is 67.2 Å². The fourth-order valence-corrected chi connectivity index (χ4v) is 32.5. The monoisotopic (exact) mass is 553 g/mol. The Hall–Kier alpha value is -1.76. The molecule has 0 bridgehead atoms. The van der Waals surface area contributed by atoms with E-state index in [1.807, 2.05) is 0 Å². The third-order valence-corrected chi connectivity index (χ3v) is 31.5. The molecule has 2 heteroatoms. The summed E-state index contributed by atoms with van der Waals surface area (Å²) in [6.07, 6.45) is 5.14. The molecule has 3 atom stereocenters. The van der Waals surface area contributed by atoms with E-state index in [9.17, 15) is 0 Å². The fraction of sp³-hybridized carbons (Fsp3) is 0.333. The van der Waals surface area contributed by atoms with Gasteiger partial charge in [0.25, 0.3) is 0 Å². The molecule has 0 N–H and O–H groups in total. The van der Waals surface area contributed by atoms with Crippen LogP contribution < -0.4 is 5.19 Å². The molecule has 0 saturated carbocycles. The molecule has 0 aliphatic heterocycles. The third-order valence-electron chi connectivity index (χ3n) is 8.33. The van der Waals surface area contributed by atoms with Crippen LogP contribution >= 0.6 is 0 Å². The summed E-state index contributed by atoms with van der Waals surface area (Å²) in [5.41, 5.74) is 12.7. The van der Waals surface area contributed by atoms with Gasteiger partial charge in [0.15, 0.2) is 0 Å². The molecular formula is C33H39SiZr. The van der Waals surface area contributed by atoms with Gasteiger partial charge < -0.3 is 0 Å². The van der Waals surface area contributed by atoms with Crippen LogP contribution in [0, 0.1) is 0 Å². The topological polar surface area (TPSA) is 0 Å². The Morgan fingerprint density at radius 3 is 1.51 bits per heavy atom. The van der Waals surface area contributed by atoms with Crippen molar-refractivity contribution in [1.29, 1.82) is 0 Å². The average molecular weight is 555 g/mol. The summed E-state index contributed by atoms with van der Waals surface area (Å²) in [6, 6.07) is 26.0. The van der Waals surface area contributed by atoms with Crippen LogP contribution in [0.5, 0.6) is 0 Å². The van der Waals surface area contributed by atoms with Gasteiger partial charge in [-0.1, -0.05) is 0 Å². The molecule has 3 aromatic rings. The van der Waals surface area contributed by atoms with Gasteiger partial charge in [-0.05, 0) is 0 Å². The molecule has 3 aromatic carbocycles. The first-order valence-corrected chi connectivity index (χ1v) is 22.7. The fourth-order valence-electron chi connectivity index (χ4n) is 6.65. The van der Waals surface area contributed by atoms with Gasteiger partial charge >= 0.3 is 223 Å². The van der Waals surface area contributed by atoms with E-state index >= 15 is 0 Å². The van der Waals surface area contributed by atoms with E-state index in [1.165, 1.54) is 11.1 Å². The molecule has 0 radical (unpaired) electrons. The zero-order valence-electron chi connectivity index (χ0n) is 22.4. The molecule has 3 unspecified atom stereocenters. The maximum atomic E-state index is 2.69. The van der Waals surface area contributed by atoms with Crippen molar-refractivity contribution in [3.8, 4) is 0 Å². The predicted octanol–water partition coefficient (Wildman–Crippen LogP) is 8.43. The van der Waals surface area contributed by atoms with Crippen molar-refractivity contribution < 1.29 is 20.9 Å². The van der Waals surface area contributed by atoms with Crippen molar-refractivity contribution in [1.82, 2.24) is 0 Å². The molecular weight excluding hydrogens is 516 g/mol. The molecule has 5 rings (SSSR count). The first kappa shape index (κ1) is 24.9. The Morgan fingerprint density at radius 1 is 0.629 bits per heavy atom. The quantitative estimate of drug-likeness (QED) is 0.268. The van der Waals surface area contributed by atoms with Crippen molar-refractivity contribution in [3.05, 3.63) is 111 Å². The van der Waals surface area contributed by atoms with E-state index in [-0.39, 0.29) is 0 Å². The normalized spacial score (nSPS) is 19.5. The van der Waals surface area contributed by atoms with Crippen molar-refractivity contribution in [2.24, 2.45) is 0 Å². The summed E-state index contributed by atoms with van der Waals surface area (Å²) in [5, 5.41) is 1.67. The Balaban J connectivity index is 1.70. The molecule has 35 heavy (non-hydrogen) atoms. The number of allylic oxidation sites excluding steroid dienone is 2. The van der Waals surface area contributed by atoms with Gasteiger partial charge in [0.2, 0.25) is 0 Å². The van der Waals surface area contributed by atoms with Crippen LogP contribution in [0.25, 0.3) is 12.2 Å². The maximum absolute atomic E-state index is 2.69. The van der Waals surface area contributed by atoms with Gasteiger partial charge in [-0.25, -0.2) is 0 Å². The van der Waals surface area contributed by atoms with E-state index < -0.39 is 26.8 Å². The number of hydrogen-bond donors (Lipinski definition) is 0. The standard InChI is InChI=1S/2C13H15.C7H9Si.Zr/c2*1-9(2)12-6-4-5-11-7-10(3)8-13(11)12;1-8-7-5-3-2-4-6-7;/h2*4-9H,1-3H3;2-6,8H,1H3;. The second-order valence-corrected chi connectivity index (χ2v) is 29.0. The Bertz CT molecular complexity index is 1220. The summed E-state index contributed by atoms with van der Waals surface area (Å²) in [5.74, 6) is -0.0196. The van der Waals surface area contributed by atoms with Gasteiger partial charge in [0.1, 0.15) is 0 Å². The Morgan fingerprint density at radius 2 is 1.09 bits per heavy atom. The second-order valence-electron chi connectivity index (χ2n) is 11.3. The van der Waals surface area contributed by atoms with E-state index in [0.29, 0.717) is 19.1 Å². The van der Waals surface area contributed by atoms with E-state index in [1.54, 1.807) is 38.6 Å². The van der Waals surface area contributed by atoms with E-state index in [0.717, 1.165) is 0 Å². The molecule has 0 saturated heterocycles. The Labute approximate surface area is 221 Å². The minimum atomic E-state index is -2.16. The van der Waals surface area contributed by atoms with Gasteiger partial charge in [0, 0.05) is 0 Å². The number of fused-ring (bicyclic) bond motifs is 2. The zero-order valence-corrected chi connectivity index (χ0v) is 26.0. The van der Waals surface area contributed by atoms with Crippen LogP contribution in [-0.4, -0.2) is 5.92 Å². The van der Waals surface area contributed by atoms with Gasteiger partial charge in [-0.3, -0.25) is 0 Å². The van der Waals surface area contributed by atoms with Crippen LogP contribution in [-0.2, 0) is 20.9 Å². The molecule has 0 nitrogen and oxygen atoms in total. The van der Waals surface area contributed by atoms with E-state index in [4.69, 9.17) is 0 Å². The van der Waals surface area contributed by atoms with Gasteiger partial charge in [-0.2, -0.15) is 0 Å². The first-order chi connectivity index (χ1) is 16.8. The molecule has 0 amide bonds. The van der Waals surface area contributed by atoms with Crippen molar-refractivity contribution in [2.75, 3.05) is 0 Å². The molecule has 0 aromatic heterocycles. The van der Waals surface area contributed by atoms with Crippen LogP contribution in [0.15, 0.2) is 77.9 Å². The predicted molar refractivity (Wildman–Crippen MR) is 153 cm³/mol. The van der Waals surface area contributed by atoms with Crippen LogP contribution in [0.3, 0.4) is 0 Å². The summed E-state index contributed by atoms with van der Waals surface area (Å²) in [4.78, 5) is 0. The van der Waals surface area contributed by atoms with Gasteiger partial charge in [0.05, 0.1) is 0 Å². The summed E-state index contributed by atoms with van der Waals surface area (Å²) in [6.45, 7) is 17.0.